The van der Waals surface area contributed by atoms with Crippen LogP contribution in [-0.2, 0) is 23.1 Å². The van der Waals surface area contributed by atoms with E-state index in [0.29, 0.717) is 6.42 Å². The maximum atomic E-state index is 10.5. The Morgan fingerprint density at radius 3 is 2.53 bits per heavy atom. The van der Waals surface area contributed by atoms with Crippen LogP contribution in [0.4, 0.5) is 0 Å². The van der Waals surface area contributed by atoms with Crippen LogP contribution in [0.5, 0.6) is 0 Å². The number of nitrogens with zero attached hydrogens (tertiary/aromatic N) is 1. The smallest absolute Gasteiger partial charge is 0.748 e. The standard InChI is InChI=1S/C13H19NO3S.Na/c15-18(16,17)10-4-3-8-14-9-7-12-5-1-2-6-13(12)11-14;/h1-2,5-6H,3-4,7-11H2,(H,15,16,17);/q;+1/p-1. The molecule has 100 valence electrons. The van der Waals surface area contributed by atoms with E-state index in [2.05, 4.69) is 23.1 Å². The van der Waals surface area contributed by atoms with Crippen molar-refractivity contribution in [1.29, 1.82) is 0 Å². The fourth-order valence-electron chi connectivity index (χ4n) is 2.36. The Morgan fingerprint density at radius 1 is 1.16 bits per heavy atom. The number of benzene rings is 1. The third-order valence-corrected chi connectivity index (χ3v) is 4.12. The topological polar surface area (TPSA) is 60.4 Å². The molecule has 1 heterocycles. The molecule has 1 aromatic carbocycles. The number of unbranched alkanes of at least 4 members (excludes halogenated alkanes) is 1. The zero-order chi connectivity index (χ0) is 13.0. The quantitative estimate of drug-likeness (QED) is 0.371. The van der Waals surface area contributed by atoms with Crippen LogP contribution in [0, 0.1) is 0 Å². The van der Waals surface area contributed by atoms with Crippen molar-refractivity contribution in [2.45, 2.75) is 25.8 Å². The van der Waals surface area contributed by atoms with Gasteiger partial charge >= 0.3 is 29.6 Å². The van der Waals surface area contributed by atoms with Crippen molar-refractivity contribution in [3.63, 3.8) is 0 Å². The molecule has 1 aromatic rings. The van der Waals surface area contributed by atoms with Gasteiger partial charge < -0.3 is 4.55 Å². The van der Waals surface area contributed by atoms with Gasteiger partial charge in [0.25, 0.3) is 0 Å². The minimum Gasteiger partial charge on any atom is -0.748 e. The van der Waals surface area contributed by atoms with Gasteiger partial charge in [0.15, 0.2) is 0 Å². The molecule has 0 aliphatic carbocycles. The van der Waals surface area contributed by atoms with E-state index < -0.39 is 10.1 Å². The van der Waals surface area contributed by atoms with Crippen LogP contribution in [-0.4, -0.2) is 36.7 Å². The largest absolute Gasteiger partial charge is 1.00 e. The molecule has 0 unspecified atom stereocenters. The Hall–Kier alpha value is 0.0900. The Kier molecular flexibility index (Phi) is 7.00. The molecular formula is C13H18NNaO3S. The Bertz CT molecular complexity index is 504. The predicted octanol–water partition coefficient (Wildman–Crippen LogP) is -1.63. The third-order valence-electron chi connectivity index (χ3n) is 3.33. The van der Waals surface area contributed by atoms with Crippen molar-refractivity contribution >= 4 is 10.1 Å². The molecule has 1 aliphatic rings. The molecule has 0 saturated carbocycles. The molecule has 0 bridgehead atoms. The molecule has 2 rings (SSSR count). The number of hydrogen-bond donors (Lipinski definition) is 0. The van der Waals surface area contributed by atoms with Gasteiger partial charge in [-0.15, -0.1) is 0 Å². The summed E-state index contributed by atoms with van der Waals surface area (Å²) in [7, 11) is -4.04. The van der Waals surface area contributed by atoms with Gasteiger partial charge in [-0.3, -0.25) is 4.90 Å². The first kappa shape index (κ1) is 17.1. The molecule has 0 N–H and O–H groups in total. The molecule has 0 fully saturated rings. The fraction of sp³-hybridized carbons (Fsp3) is 0.538. The minimum absolute atomic E-state index is 0. The number of rotatable bonds is 5. The van der Waals surface area contributed by atoms with Crippen molar-refractivity contribution in [1.82, 2.24) is 4.90 Å². The number of hydrogen-bond acceptors (Lipinski definition) is 4. The predicted molar refractivity (Wildman–Crippen MR) is 69.2 cm³/mol. The summed E-state index contributed by atoms with van der Waals surface area (Å²) in [5.74, 6) is -0.239. The average Bonchev–Trinajstić information content (AvgIpc) is 2.33. The summed E-state index contributed by atoms with van der Waals surface area (Å²) >= 11 is 0. The SMILES string of the molecule is O=S(=O)([O-])CCCCN1CCc2ccccc2C1.[Na+]. The summed E-state index contributed by atoms with van der Waals surface area (Å²) in [6.45, 7) is 2.81. The first-order valence-electron chi connectivity index (χ1n) is 6.27. The third kappa shape index (κ3) is 5.94. The van der Waals surface area contributed by atoms with Gasteiger partial charge in [-0.2, -0.15) is 0 Å². The van der Waals surface area contributed by atoms with Crippen LogP contribution in [0.25, 0.3) is 0 Å². The molecule has 0 saturated heterocycles. The first-order chi connectivity index (χ1) is 8.54. The molecule has 0 amide bonds. The van der Waals surface area contributed by atoms with Gasteiger partial charge in [-0.1, -0.05) is 24.3 Å². The van der Waals surface area contributed by atoms with E-state index in [-0.39, 0.29) is 35.3 Å². The van der Waals surface area contributed by atoms with Gasteiger partial charge in [-0.25, -0.2) is 8.42 Å². The molecule has 6 heteroatoms. The zero-order valence-electron chi connectivity index (χ0n) is 11.3. The van der Waals surface area contributed by atoms with Crippen molar-refractivity contribution in [2.75, 3.05) is 18.8 Å². The van der Waals surface area contributed by atoms with Crippen molar-refractivity contribution in [3.8, 4) is 0 Å². The van der Waals surface area contributed by atoms with Crippen LogP contribution in [0.3, 0.4) is 0 Å². The summed E-state index contributed by atoms with van der Waals surface area (Å²) in [5.41, 5.74) is 2.77. The summed E-state index contributed by atoms with van der Waals surface area (Å²) in [5, 5.41) is 0. The maximum absolute atomic E-state index is 10.5. The summed E-state index contributed by atoms with van der Waals surface area (Å²) < 4.78 is 31.4. The van der Waals surface area contributed by atoms with Crippen LogP contribution in [0.1, 0.15) is 24.0 Å². The monoisotopic (exact) mass is 291 g/mol. The molecular weight excluding hydrogens is 273 g/mol. The second-order valence-electron chi connectivity index (χ2n) is 4.76. The molecule has 0 atom stereocenters. The van der Waals surface area contributed by atoms with Gasteiger partial charge in [0.1, 0.15) is 0 Å². The first-order valence-corrected chi connectivity index (χ1v) is 7.85. The fourth-order valence-corrected chi connectivity index (χ4v) is 2.92. The number of fused-ring (bicyclic) bond motifs is 1. The second-order valence-corrected chi connectivity index (χ2v) is 6.29. The molecule has 0 aromatic heterocycles. The Labute approximate surface area is 137 Å². The van der Waals surface area contributed by atoms with E-state index in [9.17, 15) is 13.0 Å². The molecule has 1 aliphatic heterocycles. The molecule has 19 heavy (non-hydrogen) atoms. The van der Waals surface area contributed by atoms with Crippen molar-refractivity contribution < 1.29 is 42.5 Å². The Morgan fingerprint density at radius 2 is 1.84 bits per heavy atom. The van der Waals surface area contributed by atoms with Gasteiger partial charge in [0.05, 0.1) is 10.1 Å². The minimum atomic E-state index is -4.04. The summed E-state index contributed by atoms with van der Waals surface area (Å²) in [6, 6.07) is 8.42. The van der Waals surface area contributed by atoms with Crippen LogP contribution >= 0.6 is 0 Å². The van der Waals surface area contributed by atoms with Gasteiger partial charge in [0.2, 0.25) is 0 Å². The van der Waals surface area contributed by atoms with E-state index in [1.807, 2.05) is 6.07 Å². The van der Waals surface area contributed by atoms with Crippen LogP contribution in [0.15, 0.2) is 24.3 Å². The molecule has 0 radical (unpaired) electrons. The van der Waals surface area contributed by atoms with E-state index in [4.69, 9.17) is 0 Å². The maximum Gasteiger partial charge on any atom is 1.00 e. The average molecular weight is 291 g/mol. The second kappa shape index (κ2) is 7.76. The van der Waals surface area contributed by atoms with Crippen molar-refractivity contribution in [3.05, 3.63) is 35.4 Å². The Balaban J connectivity index is 0.00000180. The van der Waals surface area contributed by atoms with Gasteiger partial charge in [-0.05, 0) is 36.9 Å². The van der Waals surface area contributed by atoms with E-state index in [1.165, 1.54) is 11.1 Å². The normalized spacial score (nSPS) is 15.6. The van der Waals surface area contributed by atoms with Gasteiger partial charge in [0, 0.05) is 18.8 Å². The summed E-state index contributed by atoms with van der Waals surface area (Å²) in [6.07, 6.45) is 2.28. The molecule has 4 nitrogen and oxygen atoms in total. The zero-order valence-corrected chi connectivity index (χ0v) is 14.2. The molecule has 0 spiro atoms. The van der Waals surface area contributed by atoms with E-state index >= 15 is 0 Å². The summed E-state index contributed by atoms with van der Waals surface area (Å²) in [4.78, 5) is 2.32. The van der Waals surface area contributed by atoms with Crippen LogP contribution in [0.2, 0.25) is 0 Å². The van der Waals surface area contributed by atoms with E-state index in [0.717, 1.165) is 32.5 Å². The van der Waals surface area contributed by atoms with Crippen LogP contribution < -0.4 is 29.6 Å². The van der Waals surface area contributed by atoms with Crippen molar-refractivity contribution in [2.24, 2.45) is 0 Å². The van der Waals surface area contributed by atoms with E-state index in [1.54, 1.807) is 0 Å².